The molecular formula is C41H46O11. The molecule has 0 heterocycles. The van der Waals surface area contributed by atoms with Gasteiger partial charge in [-0.15, -0.1) is 0 Å². The summed E-state index contributed by atoms with van der Waals surface area (Å²) in [5, 5.41) is 0. The molecule has 11 heteroatoms. The molecule has 0 aromatic heterocycles. The molecule has 276 valence electrons. The van der Waals surface area contributed by atoms with E-state index in [0.717, 1.165) is 16.7 Å². The van der Waals surface area contributed by atoms with E-state index in [1.807, 2.05) is 48.5 Å². The fourth-order valence-corrected chi connectivity index (χ4v) is 4.30. The summed E-state index contributed by atoms with van der Waals surface area (Å²) in [6.07, 6.45) is 1.34. The molecule has 3 rings (SSSR count). The number of carbonyl (C=O) groups excluding carboxylic acids is 4. The highest BCUT2D eigenvalue weighted by molar-refractivity contribution is 5.90. The Balaban J connectivity index is 1.50. The van der Waals surface area contributed by atoms with Crippen LogP contribution in [0.5, 0.6) is 17.2 Å². The molecule has 0 aliphatic heterocycles. The number of hydrogen-bond acceptors (Lipinski definition) is 11. The second-order valence-corrected chi connectivity index (χ2v) is 11.8. The standard InChI is InChI=1S/C41H46O11/c1-28(2)38(42)49-22-7-20-47-36-18-9-31(27-37(36)48-21-8-23-50-39(43)29(3)4)19-24-51-41(45)34-12-10-32(11-13-34)33-14-16-35(17-15-33)46-25-26-52-40(44)30(5)6/h9-18,27H,1,3,5,7-8,19-26H2,2,4,6H3. The Kier molecular flexibility index (Phi) is 16.7. The van der Waals surface area contributed by atoms with Gasteiger partial charge < -0.3 is 33.2 Å². The highest BCUT2D eigenvalue weighted by atomic mass is 16.6. The van der Waals surface area contributed by atoms with Gasteiger partial charge in [0.05, 0.1) is 38.6 Å². The maximum Gasteiger partial charge on any atom is 0.338 e. The lowest BCUT2D eigenvalue weighted by atomic mass is 10.0. The van der Waals surface area contributed by atoms with Crippen LogP contribution in [-0.2, 0) is 39.8 Å². The van der Waals surface area contributed by atoms with Crippen molar-refractivity contribution in [3.8, 4) is 28.4 Å². The fraction of sp³-hybridized carbons (Fsp3) is 0.317. The molecule has 0 amide bonds. The van der Waals surface area contributed by atoms with E-state index >= 15 is 0 Å². The second kappa shape index (κ2) is 21.4. The van der Waals surface area contributed by atoms with Crippen molar-refractivity contribution in [2.24, 2.45) is 0 Å². The van der Waals surface area contributed by atoms with E-state index in [4.69, 9.17) is 33.2 Å². The Morgan fingerprint density at radius 2 is 1.00 bits per heavy atom. The zero-order chi connectivity index (χ0) is 37.9. The van der Waals surface area contributed by atoms with Gasteiger partial charge >= 0.3 is 23.9 Å². The van der Waals surface area contributed by atoms with E-state index in [1.54, 1.807) is 39.0 Å². The third kappa shape index (κ3) is 14.2. The van der Waals surface area contributed by atoms with Gasteiger partial charge in [0.1, 0.15) is 19.0 Å². The first kappa shape index (κ1) is 40.6. The van der Waals surface area contributed by atoms with Crippen molar-refractivity contribution < 1.29 is 52.3 Å². The minimum absolute atomic E-state index is 0.124. The molecule has 0 unspecified atom stereocenters. The number of benzene rings is 3. The smallest absolute Gasteiger partial charge is 0.338 e. The Hall–Kier alpha value is -5.84. The Bertz CT molecular complexity index is 1710. The zero-order valence-corrected chi connectivity index (χ0v) is 30.0. The largest absolute Gasteiger partial charge is 0.490 e. The third-order valence-corrected chi connectivity index (χ3v) is 7.13. The molecule has 3 aromatic carbocycles. The van der Waals surface area contributed by atoms with Gasteiger partial charge in [0.25, 0.3) is 0 Å². The lowest BCUT2D eigenvalue weighted by Gasteiger charge is -2.15. The van der Waals surface area contributed by atoms with Crippen molar-refractivity contribution in [3.63, 3.8) is 0 Å². The molecule has 0 atom stereocenters. The average Bonchev–Trinajstić information content (AvgIpc) is 3.13. The Morgan fingerprint density at radius 1 is 0.500 bits per heavy atom. The maximum atomic E-state index is 12.8. The summed E-state index contributed by atoms with van der Waals surface area (Å²) in [7, 11) is 0. The predicted molar refractivity (Wildman–Crippen MR) is 195 cm³/mol. The van der Waals surface area contributed by atoms with Gasteiger partial charge in [-0.05, 0) is 73.9 Å². The summed E-state index contributed by atoms with van der Waals surface area (Å²) < 4.78 is 38.3. The predicted octanol–water partition coefficient (Wildman–Crippen LogP) is 7.03. The molecule has 52 heavy (non-hydrogen) atoms. The normalized spacial score (nSPS) is 10.4. The minimum Gasteiger partial charge on any atom is -0.490 e. The van der Waals surface area contributed by atoms with Crippen LogP contribution in [0.2, 0.25) is 0 Å². The first-order valence-electron chi connectivity index (χ1n) is 16.8. The van der Waals surface area contributed by atoms with E-state index in [0.29, 0.717) is 58.8 Å². The van der Waals surface area contributed by atoms with E-state index < -0.39 is 23.9 Å². The molecule has 0 fully saturated rings. The van der Waals surface area contributed by atoms with Crippen LogP contribution in [-0.4, -0.2) is 70.1 Å². The van der Waals surface area contributed by atoms with E-state index in [1.165, 1.54) is 0 Å². The summed E-state index contributed by atoms with van der Waals surface area (Å²) in [5.41, 5.74) is 4.11. The number of ether oxygens (including phenoxy) is 7. The van der Waals surface area contributed by atoms with Crippen molar-refractivity contribution >= 4 is 23.9 Å². The first-order valence-corrected chi connectivity index (χ1v) is 16.8. The van der Waals surface area contributed by atoms with Crippen LogP contribution in [0.4, 0.5) is 0 Å². The highest BCUT2D eigenvalue weighted by Crippen LogP contribution is 2.29. The van der Waals surface area contributed by atoms with E-state index in [-0.39, 0.29) is 46.2 Å². The number of rotatable bonds is 22. The molecule has 0 aliphatic rings. The van der Waals surface area contributed by atoms with Crippen LogP contribution in [0.15, 0.2) is 103 Å². The zero-order valence-electron chi connectivity index (χ0n) is 30.0. The van der Waals surface area contributed by atoms with E-state index in [2.05, 4.69) is 19.7 Å². The quantitative estimate of drug-likeness (QED) is 0.0460. The van der Waals surface area contributed by atoms with Crippen molar-refractivity contribution in [1.29, 1.82) is 0 Å². The summed E-state index contributed by atoms with van der Waals surface area (Å²) in [4.78, 5) is 47.5. The molecule has 3 aromatic rings. The number of esters is 4. The number of carbonyl (C=O) groups is 4. The van der Waals surface area contributed by atoms with Gasteiger partial charge in [-0.25, -0.2) is 19.2 Å². The minimum atomic E-state index is -0.459. The van der Waals surface area contributed by atoms with Crippen molar-refractivity contribution in [1.82, 2.24) is 0 Å². The summed E-state index contributed by atoms with van der Waals surface area (Å²) in [6, 6.07) is 20.0. The molecule has 0 saturated carbocycles. The van der Waals surface area contributed by atoms with Crippen LogP contribution in [0.1, 0.15) is 49.5 Å². The van der Waals surface area contributed by atoms with Crippen LogP contribution in [0.3, 0.4) is 0 Å². The molecule has 0 aliphatic carbocycles. The fourth-order valence-electron chi connectivity index (χ4n) is 4.30. The van der Waals surface area contributed by atoms with Crippen LogP contribution >= 0.6 is 0 Å². The maximum absolute atomic E-state index is 12.8. The SMILES string of the molecule is C=C(C)C(=O)OCCCOc1ccc(CCOC(=O)c2ccc(-c3ccc(OCCOC(=O)C(=C)C)cc3)cc2)cc1OCCCOC(=O)C(=C)C. The van der Waals surface area contributed by atoms with Gasteiger partial charge in [-0.1, -0.05) is 50.1 Å². The summed E-state index contributed by atoms with van der Waals surface area (Å²) >= 11 is 0. The van der Waals surface area contributed by atoms with Crippen LogP contribution in [0, 0.1) is 0 Å². The third-order valence-electron chi connectivity index (χ3n) is 7.13. The molecule has 0 spiro atoms. The lowest BCUT2D eigenvalue weighted by Crippen LogP contribution is -2.12. The Morgan fingerprint density at radius 3 is 1.54 bits per heavy atom. The highest BCUT2D eigenvalue weighted by Gasteiger charge is 2.12. The molecule has 0 radical (unpaired) electrons. The van der Waals surface area contributed by atoms with Crippen molar-refractivity contribution in [2.45, 2.75) is 40.0 Å². The summed E-state index contributed by atoms with van der Waals surface area (Å²) in [6.45, 7) is 16.8. The first-order chi connectivity index (χ1) is 24.9. The molecule has 0 saturated heterocycles. The monoisotopic (exact) mass is 714 g/mol. The van der Waals surface area contributed by atoms with Crippen LogP contribution < -0.4 is 14.2 Å². The van der Waals surface area contributed by atoms with Gasteiger partial charge in [-0.3, -0.25) is 0 Å². The molecule has 11 nitrogen and oxygen atoms in total. The summed E-state index contributed by atoms with van der Waals surface area (Å²) in [5.74, 6) is -0.202. The number of hydrogen-bond donors (Lipinski definition) is 0. The average molecular weight is 715 g/mol. The van der Waals surface area contributed by atoms with Gasteiger partial charge in [0.2, 0.25) is 0 Å². The molecule has 0 N–H and O–H groups in total. The van der Waals surface area contributed by atoms with Crippen molar-refractivity contribution in [2.75, 3.05) is 46.2 Å². The van der Waals surface area contributed by atoms with Gasteiger partial charge in [0.15, 0.2) is 11.5 Å². The van der Waals surface area contributed by atoms with Gasteiger partial charge in [-0.2, -0.15) is 0 Å². The topological polar surface area (TPSA) is 133 Å². The van der Waals surface area contributed by atoms with Gasteiger partial charge in [0, 0.05) is 36.0 Å². The lowest BCUT2D eigenvalue weighted by molar-refractivity contribution is -0.140. The molecule has 0 bridgehead atoms. The Labute approximate surface area is 304 Å². The van der Waals surface area contributed by atoms with Crippen LogP contribution in [0.25, 0.3) is 11.1 Å². The van der Waals surface area contributed by atoms with E-state index in [9.17, 15) is 19.2 Å². The second-order valence-electron chi connectivity index (χ2n) is 11.8. The molecular weight excluding hydrogens is 668 g/mol. The van der Waals surface area contributed by atoms with Crippen molar-refractivity contribution in [3.05, 3.63) is 114 Å².